The minimum absolute atomic E-state index is 0.0417. The fourth-order valence-electron chi connectivity index (χ4n) is 9.99. The van der Waals surface area contributed by atoms with Crippen LogP contribution in [0.2, 0.25) is 0 Å². The van der Waals surface area contributed by atoms with Crippen molar-refractivity contribution in [2.75, 3.05) is 5.32 Å². The van der Waals surface area contributed by atoms with Crippen LogP contribution in [0.5, 0.6) is 0 Å². The van der Waals surface area contributed by atoms with Gasteiger partial charge < -0.3 is 14.3 Å². The van der Waals surface area contributed by atoms with Crippen molar-refractivity contribution in [1.82, 2.24) is 4.57 Å². The third-order valence-electron chi connectivity index (χ3n) is 12.9. The van der Waals surface area contributed by atoms with E-state index >= 15 is 0 Å². The van der Waals surface area contributed by atoms with Crippen LogP contribution in [0, 0.1) is 0 Å². The molecule has 3 nitrogen and oxygen atoms in total. The first-order valence-corrected chi connectivity index (χ1v) is 21.3. The molecule has 0 aliphatic carbocycles. The topological polar surface area (TPSA) is 30.1 Å². The molecular formula is C57H42BN2O. The molecule has 0 atom stereocenters. The second-order valence-corrected chi connectivity index (χ2v) is 17.6. The van der Waals surface area contributed by atoms with Crippen molar-refractivity contribution in [3.8, 4) is 16.8 Å². The summed E-state index contributed by atoms with van der Waals surface area (Å²) in [7, 11) is 2.42. The molecule has 1 radical (unpaired) electrons. The van der Waals surface area contributed by atoms with E-state index in [0.29, 0.717) is 0 Å². The SMILES string of the molecule is CC(C)(C)c1ccc(Nc2ccccc2-c2cc(C(c3ccccc3)c3ccccc3)c3c4c5ccccc5ccc4n4c3c2[B]c2cc3oc5ccccc5c3cc2-4)cc1. The van der Waals surface area contributed by atoms with Gasteiger partial charge in [0, 0.05) is 55.6 Å². The first kappa shape index (κ1) is 35.6. The Bertz CT molecular complexity index is 3460. The predicted molar refractivity (Wildman–Crippen MR) is 258 cm³/mol. The molecule has 12 rings (SSSR count). The van der Waals surface area contributed by atoms with Crippen molar-refractivity contribution in [1.29, 1.82) is 0 Å². The summed E-state index contributed by atoms with van der Waals surface area (Å²) in [6.07, 6.45) is 0. The average Bonchev–Trinajstić information content (AvgIpc) is 3.84. The van der Waals surface area contributed by atoms with Crippen molar-refractivity contribution in [3.05, 3.63) is 210 Å². The highest BCUT2D eigenvalue weighted by atomic mass is 16.3. The van der Waals surface area contributed by atoms with Crippen molar-refractivity contribution in [2.45, 2.75) is 32.1 Å². The average molecular weight is 782 g/mol. The summed E-state index contributed by atoms with van der Waals surface area (Å²) in [5.74, 6) is -0.0417. The highest BCUT2D eigenvalue weighted by Crippen LogP contribution is 2.47. The first-order valence-electron chi connectivity index (χ1n) is 21.3. The van der Waals surface area contributed by atoms with Gasteiger partial charge in [0.2, 0.25) is 0 Å². The van der Waals surface area contributed by atoms with Crippen LogP contribution >= 0.6 is 0 Å². The Balaban J connectivity index is 1.22. The Hall–Kier alpha value is -7.30. The van der Waals surface area contributed by atoms with Crippen molar-refractivity contribution in [3.63, 3.8) is 0 Å². The first-order chi connectivity index (χ1) is 29.9. The maximum absolute atomic E-state index is 6.55. The summed E-state index contributed by atoms with van der Waals surface area (Å²) in [6.45, 7) is 6.79. The van der Waals surface area contributed by atoms with E-state index in [1.165, 1.54) is 65.9 Å². The summed E-state index contributed by atoms with van der Waals surface area (Å²) in [4.78, 5) is 0. The van der Waals surface area contributed by atoms with Crippen LogP contribution in [0.15, 0.2) is 192 Å². The Morgan fingerprint density at radius 1 is 0.557 bits per heavy atom. The number of para-hydroxylation sites is 2. The number of nitrogens with zero attached hydrogens (tertiary/aromatic N) is 1. The number of fused-ring (bicyclic) bond motifs is 10. The molecule has 2 aromatic heterocycles. The predicted octanol–water partition coefficient (Wildman–Crippen LogP) is 13.7. The van der Waals surface area contributed by atoms with E-state index in [0.717, 1.165) is 50.0 Å². The second kappa shape index (κ2) is 13.6. The number of furan rings is 1. The van der Waals surface area contributed by atoms with Gasteiger partial charge in [0.15, 0.2) is 7.28 Å². The molecule has 0 bridgehead atoms. The number of benzene rings is 9. The third kappa shape index (κ3) is 5.66. The van der Waals surface area contributed by atoms with Gasteiger partial charge in [-0.25, -0.2) is 0 Å². The molecule has 0 saturated heterocycles. The second-order valence-electron chi connectivity index (χ2n) is 17.6. The van der Waals surface area contributed by atoms with Crippen LogP contribution in [0.25, 0.3) is 71.3 Å². The number of nitrogens with one attached hydrogen (secondary N) is 1. The van der Waals surface area contributed by atoms with Crippen molar-refractivity contribution in [2.24, 2.45) is 0 Å². The normalized spacial score (nSPS) is 12.5. The molecule has 1 aliphatic rings. The maximum Gasteiger partial charge on any atom is 0.198 e. The quantitative estimate of drug-likeness (QED) is 0.135. The van der Waals surface area contributed by atoms with Gasteiger partial charge in [-0.3, -0.25) is 0 Å². The largest absolute Gasteiger partial charge is 0.456 e. The van der Waals surface area contributed by atoms with Gasteiger partial charge in [-0.1, -0.05) is 166 Å². The van der Waals surface area contributed by atoms with Gasteiger partial charge in [0.1, 0.15) is 11.2 Å². The standard InChI is InChI=1S/C57H42BN2O/c1-57(2,3)38-27-29-39(30-28-38)59-47-24-14-12-22-41(47)44-32-45(52(36-17-6-4-7-18-36)37-19-8-5-9-20-37)54-53-40-21-11-10-16-35(40)26-31-48(53)60-49-33-43-42-23-13-15-25-50(42)61-51(43)34-46(49)58-55(44)56(54)60/h4-34,52,59H,1-3H3. The molecular weight excluding hydrogens is 739 g/mol. The zero-order valence-corrected chi connectivity index (χ0v) is 34.4. The van der Waals surface area contributed by atoms with E-state index in [1.807, 2.05) is 0 Å². The molecule has 0 unspecified atom stereocenters. The van der Waals surface area contributed by atoms with Crippen molar-refractivity contribution < 1.29 is 4.42 Å². The zero-order valence-electron chi connectivity index (χ0n) is 34.4. The number of hydrogen-bond donors (Lipinski definition) is 1. The van der Waals surface area contributed by atoms with Gasteiger partial charge in [-0.2, -0.15) is 0 Å². The van der Waals surface area contributed by atoms with Gasteiger partial charge in [0.25, 0.3) is 0 Å². The summed E-state index contributed by atoms with van der Waals surface area (Å²) < 4.78 is 9.11. The summed E-state index contributed by atoms with van der Waals surface area (Å²) in [6, 6.07) is 68.8. The smallest absolute Gasteiger partial charge is 0.198 e. The fraction of sp³-hybridized carbons (Fsp3) is 0.0877. The van der Waals surface area contributed by atoms with Gasteiger partial charge in [-0.05, 0) is 98.0 Å². The highest BCUT2D eigenvalue weighted by Gasteiger charge is 2.32. The van der Waals surface area contributed by atoms with E-state index in [-0.39, 0.29) is 11.3 Å². The van der Waals surface area contributed by atoms with Crippen LogP contribution in [-0.2, 0) is 5.41 Å². The molecule has 0 spiro atoms. The molecule has 1 N–H and O–H groups in total. The molecule has 61 heavy (non-hydrogen) atoms. The third-order valence-corrected chi connectivity index (χ3v) is 12.9. The van der Waals surface area contributed by atoms with Gasteiger partial charge >= 0.3 is 0 Å². The molecule has 1 aliphatic heterocycles. The summed E-state index contributed by atoms with van der Waals surface area (Å²) in [5.41, 5.74) is 17.3. The van der Waals surface area contributed by atoms with Crippen LogP contribution in [-0.4, -0.2) is 11.8 Å². The van der Waals surface area contributed by atoms with E-state index in [9.17, 15) is 0 Å². The van der Waals surface area contributed by atoms with Crippen LogP contribution < -0.4 is 16.2 Å². The van der Waals surface area contributed by atoms with E-state index in [1.54, 1.807) is 0 Å². The Morgan fingerprint density at radius 3 is 1.98 bits per heavy atom. The minimum atomic E-state index is -0.0417. The summed E-state index contributed by atoms with van der Waals surface area (Å²) in [5, 5.41) is 11.2. The lowest BCUT2D eigenvalue weighted by Crippen LogP contribution is -2.37. The molecule has 4 heteroatoms. The number of anilines is 2. The zero-order chi connectivity index (χ0) is 40.8. The van der Waals surface area contributed by atoms with Gasteiger partial charge in [0.05, 0.1) is 5.52 Å². The molecule has 0 fully saturated rings. The van der Waals surface area contributed by atoms with E-state index < -0.39 is 0 Å². The Labute approximate surface area is 356 Å². The van der Waals surface area contributed by atoms with E-state index in [2.05, 4.69) is 226 Å². The highest BCUT2D eigenvalue weighted by molar-refractivity contribution is 6.74. The molecule has 11 aromatic rings. The Morgan fingerprint density at radius 2 is 1.23 bits per heavy atom. The lowest BCUT2D eigenvalue weighted by Gasteiger charge is -2.27. The molecule has 0 saturated carbocycles. The van der Waals surface area contributed by atoms with Crippen LogP contribution in [0.4, 0.5) is 11.4 Å². The monoisotopic (exact) mass is 781 g/mol. The fourth-order valence-corrected chi connectivity index (χ4v) is 9.99. The van der Waals surface area contributed by atoms with E-state index in [4.69, 9.17) is 4.42 Å². The van der Waals surface area contributed by atoms with Gasteiger partial charge in [-0.15, -0.1) is 0 Å². The maximum atomic E-state index is 6.55. The number of aromatic nitrogens is 1. The minimum Gasteiger partial charge on any atom is -0.456 e. The number of rotatable bonds is 6. The molecule has 0 amide bonds. The van der Waals surface area contributed by atoms with Crippen LogP contribution in [0.1, 0.15) is 48.9 Å². The molecule has 9 aromatic carbocycles. The lowest BCUT2D eigenvalue weighted by atomic mass is 9.58. The Kier molecular flexibility index (Phi) is 7.96. The summed E-state index contributed by atoms with van der Waals surface area (Å²) >= 11 is 0. The van der Waals surface area contributed by atoms with Crippen LogP contribution in [0.3, 0.4) is 0 Å². The number of hydrogen-bond acceptors (Lipinski definition) is 2. The molecule has 3 heterocycles. The lowest BCUT2D eigenvalue weighted by molar-refractivity contribution is 0.590. The van der Waals surface area contributed by atoms with Crippen molar-refractivity contribution >= 4 is 84.1 Å². The molecule has 289 valence electrons.